The van der Waals surface area contributed by atoms with Crippen LogP contribution in [0.2, 0.25) is 0 Å². The molecule has 0 spiro atoms. The van der Waals surface area contributed by atoms with Crippen LogP contribution in [0.25, 0.3) is 0 Å². The lowest BCUT2D eigenvalue weighted by molar-refractivity contribution is -0.143. The number of amides is 1. The minimum absolute atomic E-state index is 0.201. The number of aliphatic carboxylic acids is 1. The number of carboxylic acids is 1. The van der Waals surface area contributed by atoms with Gasteiger partial charge in [0.05, 0.1) is 5.41 Å². The van der Waals surface area contributed by atoms with Crippen molar-refractivity contribution in [2.45, 2.75) is 51.9 Å². The summed E-state index contributed by atoms with van der Waals surface area (Å²) >= 11 is 0. The summed E-state index contributed by atoms with van der Waals surface area (Å²) in [6, 6.07) is 0. The predicted octanol–water partition coefficient (Wildman–Crippen LogP) is 1.85. The SMILES string of the molecule is CC1CCC(CN)(C(=O)N2CCC(CCC(=O)O)C2)CC1. The van der Waals surface area contributed by atoms with Crippen molar-refractivity contribution in [1.82, 2.24) is 4.90 Å². The maximum Gasteiger partial charge on any atom is 0.303 e. The molecular weight excluding hydrogens is 268 g/mol. The zero-order valence-corrected chi connectivity index (χ0v) is 13.0. The quantitative estimate of drug-likeness (QED) is 0.811. The van der Waals surface area contributed by atoms with Crippen LogP contribution in [0.3, 0.4) is 0 Å². The highest BCUT2D eigenvalue weighted by molar-refractivity contribution is 5.83. The summed E-state index contributed by atoms with van der Waals surface area (Å²) in [5, 5.41) is 8.76. The van der Waals surface area contributed by atoms with Crippen molar-refractivity contribution in [2.24, 2.45) is 23.0 Å². The number of likely N-dealkylation sites (tertiary alicyclic amines) is 1. The number of carbonyl (C=O) groups is 2. The Labute approximate surface area is 126 Å². The summed E-state index contributed by atoms with van der Waals surface area (Å²) < 4.78 is 0. The average Bonchev–Trinajstić information content (AvgIpc) is 2.94. The molecular formula is C16H28N2O3. The van der Waals surface area contributed by atoms with E-state index in [0.717, 1.165) is 38.6 Å². The maximum absolute atomic E-state index is 12.9. The Hall–Kier alpha value is -1.10. The Balaban J connectivity index is 1.92. The number of hydrogen-bond donors (Lipinski definition) is 2. The normalized spacial score (nSPS) is 33.1. The number of carbonyl (C=O) groups excluding carboxylic acids is 1. The summed E-state index contributed by atoms with van der Waals surface area (Å²) in [4.78, 5) is 25.5. The van der Waals surface area contributed by atoms with Gasteiger partial charge in [-0.25, -0.2) is 0 Å². The summed E-state index contributed by atoms with van der Waals surface area (Å²) in [7, 11) is 0. The number of carboxylic acid groups (broad SMARTS) is 1. The first-order chi connectivity index (χ1) is 9.97. The molecule has 0 aromatic carbocycles. The molecule has 1 saturated heterocycles. The van der Waals surface area contributed by atoms with Crippen molar-refractivity contribution in [3.63, 3.8) is 0 Å². The van der Waals surface area contributed by atoms with E-state index in [-0.39, 0.29) is 17.7 Å². The Morgan fingerprint density at radius 3 is 2.52 bits per heavy atom. The third-order valence-electron chi connectivity index (χ3n) is 5.42. The van der Waals surface area contributed by atoms with Crippen molar-refractivity contribution in [1.29, 1.82) is 0 Å². The van der Waals surface area contributed by atoms with Gasteiger partial charge in [-0.05, 0) is 50.4 Å². The topological polar surface area (TPSA) is 83.6 Å². The van der Waals surface area contributed by atoms with E-state index in [0.29, 0.717) is 31.3 Å². The molecule has 1 heterocycles. The minimum Gasteiger partial charge on any atom is -0.481 e. The van der Waals surface area contributed by atoms with E-state index in [9.17, 15) is 9.59 Å². The molecule has 1 saturated carbocycles. The predicted molar refractivity (Wildman–Crippen MR) is 80.7 cm³/mol. The molecule has 21 heavy (non-hydrogen) atoms. The van der Waals surface area contributed by atoms with Crippen molar-refractivity contribution < 1.29 is 14.7 Å². The third kappa shape index (κ3) is 3.76. The van der Waals surface area contributed by atoms with E-state index in [1.54, 1.807) is 0 Å². The van der Waals surface area contributed by atoms with Crippen LogP contribution in [0.1, 0.15) is 51.9 Å². The van der Waals surface area contributed by atoms with Gasteiger partial charge >= 0.3 is 5.97 Å². The van der Waals surface area contributed by atoms with Gasteiger partial charge in [-0.2, -0.15) is 0 Å². The van der Waals surface area contributed by atoms with Crippen LogP contribution in [0.15, 0.2) is 0 Å². The standard InChI is InChI=1S/C16H28N2O3/c1-12-4-7-16(11-17,8-5-12)15(21)18-9-6-13(10-18)2-3-14(19)20/h12-13H,2-11,17H2,1H3,(H,19,20). The van der Waals surface area contributed by atoms with Gasteiger partial charge in [0.15, 0.2) is 0 Å². The first kappa shape index (κ1) is 16.3. The van der Waals surface area contributed by atoms with E-state index in [2.05, 4.69) is 6.92 Å². The van der Waals surface area contributed by atoms with Gasteiger partial charge in [-0.3, -0.25) is 9.59 Å². The zero-order valence-electron chi connectivity index (χ0n) is 13.0. The Kier molecular flexibility index (Phi) is 5.25. The van der Waals surface area contributed by atoms with Crippen LogP contribution < -0.4 is 5.73 Å². The summed E-state index contributed by atoms with van der Waals surface area (Å²) in [5.74, 6) is 0.496. The summed E-state index contributed by atoms with van der Waals surface area (Å²) in [6.45, 7) is 4.15. The smallest absolute Gasteiger partial charge is 0.303 e. The Morgan fingerprint density at radius 1 is 1.29 bits per heavy atom. The largest absolute Gasteiger partial charge is 0.481 e. The molecule has 120 valence electrons. The van der Waals surface area contributed by atoms with E-state index in [1.807, 2.05) is 4.90 Å². The van der Waals surface area contributed by atoms with E-state index in [4.69, 9.17) is 10.8 Å². The van der Waals surface area contributed by atoms with Gasteiger partial charge in [0.1, 0.15) is 0 Å². The lowest BCUT2D eigenvalue weighted by atomic mass is 9.70. The van der Waals surface area contributed by atoms with Crippen LogP contribution in [0.4, 0.5) is 0 Å². The number of nitrogens with zero attached hydrogens (tertiary/aromatic N) is 1. The molecule has 0 bridgehead atoms. The van der Waals surface area contributed by atoms with Crippen LogP contribution >= 0.6 is 0 Å². The zero-order chi connectivity index (χ0) is 15.5. The summed E-state index contributed by atoms with van der Waals surface area (Å²) in [5.41, 5.74) is 5.61. The van der Waals surface area contributed by atoms with Crippen LogP contribution in [0.5, 0.6) is 0 Å². The molecule has 3 N–H and O–H groups in total. The molecule has 1 aliphatic heterocycles. The second-order valence-electron chi connectivity index (χ2n) is 7.01. The number of nitrogens with two attached hydrogens (primary N) is 1. The van der Waals surface area contributed by atoms with Gasteiger partial charge in [0.2, 0.25) is 5.91 Å². The van der Waals surface area contributed by atoms with Crippen molar-refractivity contribution >= 4 is 11.9 Å². The number of rotatable bonds is 5. The fraction of sp³-hybridized carbons (Fsp3) is 0.875. The monoisotopic (exact) mass is 296 g/mol. The molecule has 1 atom stereocenters. The summed E-state index contributed by atoms with van der Waals surface area (Å²) in [6.07, 6.45) is 5.77. The second-order valence-corrected chi connectivity index (χ2v) is 7.01. The molecule has 5 nitrogen and oxygen atoms in total. The molecule has 2 fully saturated rings. The van der Waals surface area contributed by atoms with Crippen LogP contribution in [-0.4, -0.2) is 41.5 Å². The highest BCUT2D eigenvalue weighted by Crippen LogP contribution is 2.40. The minimum atomic E-state index is -0.750. The van der Waals surface area contributed by atoms with E-state index >= 15 is 0 Å². The van der Waals surface area contributed by atoms with Gasteiger partial charge in [-0.15, -0.1) is 0 Å². The molecule has 1 amide bonds. The van der Waals surface area contributed by atoms with Gasteiger partial charge in [0.25, 0.3) is 0 Å². The molecule has 0 aromatic rings. The van der Waals surface area contributed by atoms with Crippen molar-refractivity contribution in [2.75, 3.05) is 19.6 Å². The maximum atomic E-state index is 12.9. The first-order valence-corrected chi connectivity index (χ1v) is 8.18. The molecule has 2 aliphatic rings. The fourth-order valence-corrected chi connectivity index (χ4v) is 3.74. The van der Waals surface area contributed by atoms with Crippen molar-refractivity contribution in [3.05, 3.63) is 0 Å². The highest BCUT2D eigenvalue weighted by Gasteiger charge is 2.43. The van der Waals surface area contributed by atoms with Gasteiger partial charge in [-0.1, -0.05) is 6.92 Å². The molecule has 1 unspecified atom stereocenters. The molecule has 5 heteroatoms. The van der Waals surface area contributed by atoms with Crippen molar-refractivity contribution in [3.8, 4) is 0 Å². The molecule has 0 radical (unpaired) electrons. The van der Waals surface area contributed by atoms with E-state index in [1.165, 1.54) is 0 Å². The Morgan fingerprint density at radius 2 is 1.95 bits per heavy atom. The average molecular weight is 296 g/mol. The molecule has 1 aliphatic carbocycles. The lowest BCUT2D eigenvalue weighted by Crippen LogP contribution is -2.49. The van der Waals surface area contributed by atoms with Crippen LogP contribution in [-0.2, 0) is 9.59 Å². The van der Waals surface area contributed by atoms with Crippen LogP contribution in [0, 0.1) is 17.3 Å². The third-order valence-corrected chi connectivity index (χ3v) is 5.42. The van der Waals surface area contributed by atoms with Gasteiger partial charge in [0, 0.05) is 26.1 Å². The highest BCUT2D eigenvalue weighted by atomic mass is 16.4. The fourth-order valence-electron chi connectivity index (χ4n) is 3.74. The Bertz CT molecular complexity index is 389. The molecule has 2 rings (SSSR count). The first-order valence-electron chi connectivity index (χ1n) is 8.18. The lowest BCUT2D eigenvalue weighted by Gasteiger charge is -2.39. The van der Waals surface area contributed by atoms with Gasteiger partial charge < -0.3 is 15.7 Å². The van der Waals surface area contributed by atoms with E-state index < -0.39 is 5.97 Å². The number of hydrogen-bond acceptors (Lipinski definition) is 3. The second kappa shape index (κ2) is 6.77. The molecule has 0 aromatic heterocycles.